The van der Waals surface area contributed by atoms with Crippen LogP contribution in [0.2, 0.25) is 0 Å². The number of β-lactam (4-membered cyclic amide) rings is 2. The number of rotatable bonds is 10. The van der Waals surface area contributed by atoms with Crippen LogP contribution < -0.4 is 10.1 Å². The topological polar surface area (TPSA) is 158 Å². The van der Waals surface area contributed by atoms with Gasteiger partial charge in [0.1, 0.15) is 35.9 Å². The largest absolute Gasteiger partial charge is 0.484 e. The minimum atomic E-state index is -1.03. The first kappa shape index (κ1) is 30.0. The van der Waals surface area contributed by atoms with Crippen LogP contribution >= 0.6 is 23.5 Å². The molecule has 0 aromatic heterocycles. The lowest BCUT2D eigenvalue weighted by Crippen LogP contribution is -2.71. The van der Waals surface area contributed by atoms with Gasteiger partial charge in [-0.05, 0) is 32.9 Å². The summed E-state index contributed by atoms with van der Waals surface area (Å²) in [5.41, 5.74) is 0. The van der Waals surface area contributed by atoms with Gasteiger partial charge in [0, 0.05) is 11.7 Å². The normalized spacial score (nSPS) is 30.3. The van der Waals surface area contributed by atoms with Crippen molar-refractivity contribution in [3.8, 4) is 5.75 Å². The molecule has 0 aliphatic carbocycles. The third kappa shape index (κ3) is 5.51. The highest BCUT2D eigenvalue weighted by Gasteiger charge is 2.65. The summed E-state index contributed by atoms with van der Waals surface area (Å²) >= 11 is 2.70. The van der Waals surface area contributed by atoms with Crippen LogP contribution in [0.1, 0.15) is 34.1 Å². The van der Waals surface area contributed by atoms with Crippen LogP contribution in [-0.4, -0.2) is 104 Å². The molecule has 1 aromatic rings. The summed E-state index contributed by atoms with van der Waals surface area (Å²) in [6.07, 6.45) is 0.264. The van der Waals surface area contributed by atoms with E-state index in [0.29, 0.717) is 5.75 Å². The molecule has 42 heavy (non-hydrogen) atoms. The van der Waals surface area contributed by atoms with Crippen LogP contribution in [0.15, 0.2) is 30.3 Å². The number of nitrogens with zero attached hydrogens (tertiary/aromatic N) is 2. The maximum Gasteiger partial charge on any atom is 0.333 e. The van der Waals surface area contributed by atoms with Crippen LogP contribution in [0.5, 0.6) is 5.75 Å². The predicted octanol–water partition coefficient (Wildman–Crippen LogP) is 0.652. The minimum Gasteiger partial charge on any atom is -0.484 e. The Morgan fingerprint density at radius 2 is 1.62 bits per heavy atom. The number of carbonyl (C=O) groups is 6. The molecule has 4 saturated heterocycles. The zero-order valence-electron chi connectivity index (χ0n) is 23.4. The summed E-state index contributed by atoms with van der Waals surface area (Å²) in [6.45, 7) is 5.43. The quantitative estimate of drug-likeness (QED) is 0.221. The van der Waals surface area contributed by atoms with E-state index in [0.717, 1.165) is 0 Å². The average Bonchev–Trinajstić information content (AvgIpc) is 3.34. The highest BCUT2D eigenvalue weighted by Crippen LogP contribution is 2.52. The Hall–Kier alpha value is -3.46. The SMILES string of the molecule is CC(=O)OC[C@]1(C)S[C@H]2CC(=O)N2[C@H]1C(=O)OCOC(=O)[C@@H]1N2C(=O)[C@@H](NC(=O)COc3ccccc3)[C@H]2SC1(C)C. The number of para-hydroxylation sites is 1. The molecule has 6 atom stereocenters. The van der Waals surface area contributed by atoms with Gasteiger partial charge in [-0.1, -0.05) is 18.2 Å². The van der Waals surface area contributed by atoms with Gasteiger partial charge in [0.05, 0.1) is 16.5 Å². The molecular weight excluding hydrogens is 590 g/mol. The molecule has 4 heterocycles. The molecule has 0 spiro atoms. The molecule has 0 bridgehead atoms. The lowest BCUT2D eigenvalue weighted by atomic mass is 9.96. The number of ether oxygens (including phenoxy) is 4. The van der Waals surface area contributed by atoms with Gasteiger partial charge in [-0.25, -0.2) is 9.59 Å². The second-order valence-corrected chi connectivity index (χ2v) is 14.5. The van der Waals surface area contributed by atoms with Crippen molar-refractivity contribution < 1.29 is 47.7 Å². The predicted molar refractivity (Wildman–Crippen MR) is 149 cm³/mol. The molecule has 1 aromatic carbocycles. The summed E-state index contributed by atoms with van der Waals surface area (Å²) in [5, 5.41) is 1.95. The van der Waals surface area contributed by atoms with E-state index in [-0.39, 0.29) is 30.9 Å². The fraction of sp³-hybridized carbons (Fsp3) is 0.556. The summed E-state index contributed by atoms with van der Waals surface area (Å²) < 4.78 is 19.4. The summed E-state index contributed by atoms with van der Waals surface area (Å²) in [7, 11) is 0. The number of benzene rings is 1. The van der Waals surface area contributed by atoms with E-state index < -0.39 is 69.5 Å². The van der Waals surface area contributed by atoms with Crippen LogP contribution in [0.4, 0.5) is 0 Å². The Balaban J connectivity index is 1.14. The number of thioether (sulfide) groups is 2. The van der Waals surface area contributed by atoms with Crippen molar-refractivity contribution in [1.82, 2.24) is 15.1 Å². The standard InChI is InChI=1S/C27H31N3O10S2/c1-14(31)38-12-27(4)21(29-17(33)10-18(29)41-27)25(36)40-13-39-24(35)20-26(2,3)42-23-19(22(34)30(20)23)28-16(32)11-37-15-8-6-5-7-9-15/h5-9,18-21,23H,10-13H2,1-4H3,(H,28,32)/t18-,19+,20-,21-,23+,27-/m0/s1. The number of carbonyl (C=O) groups excluding carboxylic acids is 6. The molecular formula is C27H31N3O10S2. The van der Waals surface area contributed by atoms with Crippen molar-refractivity contribution in [1.29, 1.82) is 0 Å². The molecule has 15 heteroatoms. The molecule has 3 amide bonds. The Labute approximate surface area is 250 Å². The van der Waals surface area contributed by atoms with Gasteiger partial charge in [-0.2, -0.15) is 0 Å². The van der Waals surface area contributed by atoms with E-state index in [1.165, 1.54) is 40.2 Å². The van der Waals surface area contributed by atoms with Gasteiger partial charge >= 0.3 is 17.9 Å². The van der Waals surface area contributed by atoms with Crippen molar-refractivity contribution in [2.75, 3.05) is 20.0 Å². The number of esters is 3. The van der Waals surface area contributed by atoms with E-state index in [1.54, 1.807) is 45.0 Å². The highest BCUT2D eigenvalue weighted by atomic mass is 32.2. The minimum absolute atomic E-state index is 0.102. The lowest BCUT2D eigenvalue weighted by molar-refractivity contribution is -0.182. The van der Waals surface area contributed by atoms with E-state index in [2.05, 4.69) is 5.32 Å². The van der Waals surface area contributed by atoms with Crippen molar-refractivity contribution in [2.45, 2.75) is 72.5 Å². The maximum atomic E-state index is 13.1. The van der Waals surface area contributed by atoms with Gasteiger partial charge in [-0.3, -0.25) is 19.2 Å². The second-order valence-electron chi connectivity index (χ2n) is 11.0. The molecule has 0 radical (unpaired) electrons. The lowest BCUT2D eigenvalue weighted by Gasteiger charge is -2.43. The third-order valence-electron chi connectivity index (χ3n) is 7.49. The number of fused-ring (bicyclic) bond motifs is 2. The first-order chi connectivity index (χ1) is 19.8. The average molecular weight is 622 g/mol. The molecule has 4 aliphatic heterocycles. The van der Waals surface area contributed by atoms with Crippen LogP contribution in [0.25, 0.3) is 0 Å². The van der Waals surface area contributed by atoms with Gasteiger partial charge in [0.15, 0.2) is 6.61 Å². The van der Waals surface area contributed by atoms with E-state index in [4.69, 9.17) is 18.9 Å². The molecule has 5 rings (SSSR count). The smallest absolute Gasteiger partial charge is 0.333 e. The molecule has 0 saturated carbocycles. The number of hydrogen-bond donors (Lipinski definition) is 1. The van der Waals surface area contributed by atoms with Gasteiger partial charge < -0.3 is 34.1 Å². The fourth-order valence-corrected chi connectivity index (χ4v) is 8.80. The van der Waals surface area contributed by atoms with Crippen LogP contribution in [0, 0.1) is 0 Å². The maximum absolute atomic E-state index is 13.1. The zero-order chi connectivity index (χ0) is 30.4. The summed E-state index contributed by atoms with van der Waals surface area (Å²) in [5.74, 6) is -2.69. The zero-order valence-corrected chi connectivity index (χ0v) is 25.0. The third-order valence-corrected chi connectivity index (χ3v) is 10.6. The monoisotopic (exact) mass is 621 g/mol. The summed E-state index contributed by atoms with van der Waals surface area (Å²) in [6, 6.07) is 5.96. The Morgan fingerprint density at radius 1 is 0.952 bits per heavy atom. The first-order valence-electron chi connectivity index (χ1n) is 13.3. The number of amides is 3. The Bertz CT molecular complexity index is 1310. The fourth-order valence-electron chi connectivity index (χ4n) is 5.51. The van der Waals surface area contributed by atoms with Gasteiger partial charge in [0.2, 0.25) is 18.6 Å². The van der Waals surface area contributed by atoms with E-state index in [1.807, 2.05) is 6.07 Å². The van der Waals surface area contributed by atoms with E-state index in [9.17, 15) is 28.8 Å². The number of nitrogens with one attached hydrogen (secondary N) is 1. The Morgan fingerprint density at radius 3 is 2.26 bits per heavy atom. The van der Waals surface area contributed by atoms with Crippen molar-refractivity contribution in [3.05, 3.63) is 30.3 Å². The van der Waals surface area contributed by atoms with E-state index >= 15 is 0 Å². The molecule has 13 nitrogen and oxygen atoms in total. The summed E-state index contributed by atoms with van der Waals surface area (Å²) in [4.78, 5) is 78.0. The molecule has 1 N–H and O–H groups in total. The van der Waals surface area contributed by atoms with Crippen LogP contribution in [0.3, 0.4) is 0 Å². The van der Waals surface area contributed by atoms with Crippen LogP contribution in [-0.2, 0) is 43.0 Å². The van der Waals surface area contributed by atoms with Crippen molar-refractivity contribution in [2.24, 2.45) is 0 Å². The highest BCUT2D eigenvalue weighted by molar-refractivity contribution is 8.02. The first-order valence-corrected chi connectivity index (χ1v) is 15.0. The molecule has 226 valence electrons. The van der Waals surface area contributed by atoms with Crippen molar-refractivity contribution >= 4 is 59.2 Å². The molecule has 4 aliphatic rings. The number of hydrogen-bond acceptors (Lipinski definition) is 12. The van der Waals surface area contributed by atoms with Crippen molar-refractivity contribution in [3.63, 3.8) is 0 Å². The van der Waals surface area contributed by atoms with Gasteiger partial charge in [0.25, 0.3) is 5.91 Å². The molecule has 4 fully saturated rings. The van der Waals surface area contributed by atoms with Gasteiger partial charge in [-0.15, -0.1) is 23.5 Å². The molecule has 0 unspecified atom stereocenters. The Kier molecular flexibility index (Phi) is 8.09. The second kappa shape index (κ2) is 11.3.